The minimum absolute atomic E-state index is 0.355. The zero-order valence-electron chi connectivity index (χ0n) is 16.0. The third-order valence-electron chi connectivity index (χ3n) is 6.32. The van der Waals surface area contributed by atoms with E-state index in [-0.39, 0.29) is 0 Å². The van der Waals surface area contributed by atoms with Gasteiger partial charge in [0.1, 0.15) is 0 Å². The normalized spacial score (nSPS) is 31.3. The molecule has 0 bridgehead atoms. The molecule has 130 valence electrons. The maximum absolute atomic E-state index is 7.00. The zero-order chi connectivity index (χ0) is 17.6. The maximum Gasteiger partial charge on any atom is 0.0319 e. The predicted molar refractivity (Wildman–Crippen MR) is 102 cm³/mol. The van der Waals surface area contributed by atoms with E-state index in [9.17, 15) is 0 Å². The lowest BCUT2D eigenvalue weighted by molar-refractivity contribution is 0.0740. The Hall–Kier alpha value is -1.08. The van der Waals surface area contributed by atoms with Crippen LogP contribution < -0.4 is 0 Å². The third kappa shape index (κ3) is 3.71. The Bertz CT molecular complexity index is 504. The largest absolute Gasteiger partial charge is 0.400 e. The van der Waals surface area contributed by atoms with Crippen molar-refractivity contribution in [1.82, 2.24) is 0 Å². The molecule has 2 aliphatic carbocycles. The molecule has 4 atom stereocenters. The molecule has 1 saturated carbocycles. The molecule has 1 fully saturated rings. The van der Waals surface area contributed by atoms with Crippen molar-refractivity contribution in [2.24, 2.45) is 17.3 Å². The molecule has 3 rings (SSSR count). The first-order chi connectivity index (χ1) is 11.0. The van der Waals surface area contributed by atoms with E-state index < -0.39 is 0 Å². The second-order valence-corrected chi connectivity index (χ2v) is 7.03. The first kappa shape index (κ1) is 20.0. The number of allylic oxidation sites excluding steroid dienone is 1. The van der Waals surface area contributed by atoms with Crippen LogP contribution in [0, 0.1) is 17.3 Å². The molecule has 2 aliphatic rings. The lowest BCUT2D eigenvalue weighted by Crippen LogP contribution is -2.41. The van der Waals surface area contributed by atoms with E-state index >= 15 is 0 Å². The number of hydrogen-bond acceptors (Lipinski definition) is 1. The van der Waals surface area contributed by atoms with E-state index in [1.54, 1.807) is 11.1 Å². The van der Waals surface area contributed by atoms with E-state index in [0.29, 0.717) is 5.41 Å². The molecule has 0 heterocycles. The Labute approximate surface area is 143 Å². The third-order valence-corrected chi connectivity index (χ3v) is 6.32. The molecule has 1 N–H and O–H groups in total. The first-order valence-electron chi connectivity index (χ1n) is 9.22. The van der Waals surface area contributed by atoms with Crippen LogP contribution in [-0.2, 0) is 6.42 Å². The van der Waals surface area contributed by atoms with Gasteiger partial charge in [0.25, 0.3) is 0 Å². The molecule has 1 aromatic rings. The summed E-state index contributed by atoms with van der Waals surface area (Å²) >= 11 is 0. The number of fused-ring (bicyclic) bond motifs is 3. The van der Waals surface area contributed by atoms with Crippen molar-refractivity contribution in [2.45, 2.75) is 66.2 Å². The second-order valence-electron chi connectivity index (χ2n) is 7.03. The van der Waals surface area contributed by atoms with Crippen LogP contribution >= 0.6 is 0 Å². The minimum atomic E-state index is 0.355. The van der Waals surface area contributed by atoms with Crippen molar-refractivity contribution in [2.75, 3.05) is 7.11 Å². The SMILES string of the molecule is C=C(C)[C@@]1(C)CCC2c3ccccc3CCC2C1C.CC.CO. The van der Waals surface area contributed by atoms with Crippen LogP contribution in [0.25, 0.3) is 0 Å². The van der Waals surface area contributed by atoms with Gasteiger partial charge in [-0.2, -0.15) is 0 Å². The summed E-state index contributed by atoms with van der Waals surface area (Å²) in [4.78, 5) is 0. The minimum Gasteiger partial charge on any atom is -0.400 e. The van der Waals surface area contributed by atoms with Gasteiger partial charge in [-0.3, -0.25) is 0 Å². The summed E-state index contributed by atoms with van der Waals surface area (Å²) in [7, 11) is 1.00. The van der Waals surface area contributed by atoms with Crippen LogP contribution in [-0.4, -0.2) is 12.2 Å². The molecule has 0 amide bonds. The molecular formula is C22H36O. The van der Waals surface area contributed by atoms with Crippen LogP contribution in [0.5, 0.6) is 0 Å². The summed E-state index contributed by atoms with van der Waals surface area (Å²) in [5.74, 6) is 2.41. The van der Waals surface area contributed by atoms with Crippen LogP contribution in [0.4, 0.5) is 0 Å². The van der Waals surface area contributed by atoms with Gasteiger partial charge in [-0.15, -0.1) is 0 Å². The molecular weight excluding hydrogens is 280 g/mol. The molecule has 1 nitrogen and oxygen atoms in total. The summed E-state index contributed by atoms with van der Waals surface area (Å²) in [5.41, 5.74) is 4.99. The van der Waals surface area contributed by atoms with Gasteiger partial charge < -0.3 is 5.11 Å². The molecule has 1 heteroatoms. The topological polar surface area (TPSA) is 20.2 Å². The van der Waals surface area contributed by atoms with E-state index in [2.05, 4.69) is 51.6 Å². The van der Waals surface area contributed by atoms with Crippen molar-refractivity contribution >= 4 is 0 Å². The number of benzene rings is 1. The van der Waals surface area contributed by atoms with E-state index in [4.69, 9.17) is 5.11 Å². The number of hydrogen-bond donors (Lipinski definition) is 1. The van der Waals surface area contributed by atoms with E-state index in [1.165, 1.54) is 31.3 Å². The Kier molecular flexibility index (Phi) is 7.54. The van der Waals surface area contributed by atoms with Gasteiger partial charge in [-0.05, 0) is 66.9 Å². The van der Waals surface area contributed by atoms with Crippen molar-refractivity contribution < 1.29 is 5.11 Å². The van der Waals surface area contributed by atoms with Crippen LogP contribution in [0.15, 0.2) is 36.4 Å². The highest BCUT2D eigenvalue weighted by molar-refractivity contribution is 5.35. The van der Waals surface area contributed by atoms with E-state index in [1.807, 2.05) is 13.8 Å². The molecule has 3 unspecified atom stereocenters. The highest BCUT2D eigenvalue weighted by atomic mass is 16.2. The molecule has 0 spiro atoms. The fraction of sp³-hybridized carbons (Fsp3) is 0.636. The van der Waals surface area contributed by atoms with Crippen LogP contribution in [0.2, 0.25) is 0 Å². The monoisotopic (exact) mass is 316 g/mol. The fourth-order valence-corrected chi connectivity index (χ4v) is 4.60. The molecule has 0 saturated heterocycles. The maximum atomic E-state index is 7.00. The van der Waals surface area contributed by atoms with E-state index in [0.717, 1.165) is 24.9 Å². The average molecular weight is 317 g/mol. The molecule has 1 aromatic carbocycles. The lowest BCUT2D eigenvalue weighted by Gasteiger charge is -2.51. The Morgan fingerprint density at radius 1 is 1.17 bits per heavy atom. The standard InChI is InChI=1S/C19H26.C2H6.CH4O/c1-13(2)19(4)12-11-18-16(14(19)3)10-9-15-7-5-6-8-17(15)18;2*1-2/h5-8,14,16,18H,1,9-12H2,2-4H3;1-2H3;2H,1H3/t14?,16?,18?,19-;;/m1../s1. The number of aliphatic hydroxyl groups is 1. The number of aliphatic hydroxyl groups excluding tert-OH is 1. The Morgan fingerprint density at radius 3 is 2.39 bits per heavy atom. The summed E-state index contributed by atoms with van der Waals surface area (Å²) in [5, 5.41) is 7.00. The summed E-state index contributed by atoms with van der Waals surface area (Å²) in [6.45, 7) is 15.4. The molecule has 0 aliphatic heterocycles. The summed E-state index contributed by atoms with van der Waals surface area (Å²) in [6.07, 6.45) is 5.29. The second kappa shape index (κ2) is 8.68. The van der Waals surface area contributed by atoms with Gasteiger partial charge in [-0.1, -0.05) is 64.1 Å². The van der Waals surface area contributed by atoms with Crippen LogP contribution in [0.3, 0.4) is 0 Å². The van der Waals surface area contributed by atoms with Crippen molar-refractivity contribution in [1.29, 1.82) is 0 Å². The van der Waals surface area contributed by atoms with Crippen molar-refractivity contribution in [3.05, 3.63) is 47.5 Å². The average Bonchev–Trinajstić information content (AvgIpc) is 2.61. The molecule has 23 heavy (non-hydrogen) atoms. The van der Waals surface area contributed by atoms with Gasteiger partial charge in [0.05, 0.1) is 0 Å². The van der Waals surface area contributed by atoms with Gasteiger partial charge in [-0.25, -0.2) is 0 Å². The predicted octanol–water partition coefficient (Wildman–Crippen LogP) is 5.98. The lowest BCUT2D eigenvalue weighted by atomic mass is 9.53. The van der Waals surface area contributed by atoms with Crippen LogP contribution in [0.1, 0.15) is 70.9 Å². The smallest absolute Gasteiger partial charge is 0.0319 e. The highest BCUT2D eigenvalue weighted by Crippen LogP contribution is 2.56. The quantitative estimate of drug-likeness (QED) is 0.632. The van der Waals surface area contributed by atoms with Gasteiger partial charge in [0, 0.05) is 7.11 Å². The van der Waals surface area contributed by atoms with Gasteiger partial charge in [0.2, 0.25) is 0 Å². The molecule has 0 radical (unpaired) electrons. The summed E-state index contributed by atoms with van der Waals surface area (Å²) in [6, 6.07) is 9.13. The number of aryl methyl sites for hydroxylation is 1. The summed E-state index contributed by atoms with van der Waals surface area (Å²) < 4.78 is 0. The fourth-order valence-electron chi connectivity index (χ4n) is 4.60. The first-order valence-corrected chi connectivity index (χ1v) is 9.22. The zero-order valence-corrected chi connectivity index (χ0v) is 16.0. The van der Waals surface area contributed by atoms with Crippen molar-refractivity contribution in [3.63, 3.8) is 0 Å². The molecule has 0 aromatic heterocycles. The van der Waals surface area contributed by atoms with Gasteiger partial charge >= 0.3 is 0 Å². The Morgan fingerprint density at radius 2 is 1.78 bits per heavy atom. The highest BCUT2D eigenvalue weighted by Gasteiger charge is 2.46. The van der Waals surface area contributed by atoms with Crippen molar-refractivity contribution in [3.8, 4) is 0 Å². The number of rotatable bonds is 1. The van der Waals surface area contributed by atoms with Gasteiger partial charge in [0.15, 0.2) is 0 Å². The Balaban J connectivity index is 0.000000615.